The van der Waals surface area contributed by atoms with Crippen LogP contribution in [0.15, 0.2) is 41.3 Å². The fourth-order valence-corrected chi connectivity index (χ4v) is 2.77. The number of hydrogen-bond acceptors (Lipinski definition) is 5. The van der Waals surface area contributed by atoms with E-state index in [2.05, 4.69) is 15.3 Å². The molecule has 8 heteroatoms. The Morgan fingerprint density at radius 3 is 2.73 bits per heavy atom. The lowest BCUT2D eigenvalue weighted by molar-refractivity contribution is 0.0697. The maximum Gasteiger partial charge on any atom is 0.335 e. The van der Waals surface area contributed by atoms with Crippen molar-refractivity contribution in [3.8, 4) is 0 Å². The molecular weight excluding hydrogens is 306 g/mol. The molecule has 0 aliphatic heterocycles. The van der Waals surface area contributed by atoms with E-state index in [0.29, 0.717) is 15.3 Å². The molecule has 0 saturated carbocycles. The minimum Gasteiger partial charge on any atom is -0.478 e. The van der Waals surface area contributed by atoms with Crippen LogP contribution in [0, 0.1) is 0 Å². The average molecular weight is 315 g/mol. The second kappa shape index (κ2) is 5.41. The third-order valence-corrected chi connectivity index (χ3v) is 3.83. The van der Waals surface area contributed by atoms with Crippen LogP contribution < -0.4 is 10.9 Å². The molecule has 110 valence electrons. The molecule has 2 heterocycles. The Hall–Kier alpha value is -3.00. The van der Waals surface area contributed by atoms with Crippen LogP contribution in [0.25, 0.3) is 10.2 Å². The van der Waals surface area contributed by atoms with Crippen molar-refractivity contribution in [3.05, 3.63) is 58.0 Å². The monoisotopic (exact) mass is 315 g/mol. The van der Waals surface area contributed by atoms with Crippen molar-refractivity contribution >= 4 is 38.6 Å². The van der Waals surface area contributed by atoms with E-state index in [1.807, 2.05) is 0 Å². The van der Waals surface area contributed by atoms with Crippen molar-refractivity contribution in [2.75, 3.05) is 5.32 Å². The number of H-pyrrole nitrogens is 1. The van der Waals surface area contributed by atoms with Crippen molar-refractivity contribution in [2.24, 2.45) is 0 Å². The number of carboxylic acids is 1. The molecule has 3 aromatic rings. The van der Waals surface area contributed by atoms with Gasteiger partial charge < -0.3 is 10.1 Å². The number of aromatic amines is 1. The number of benzene rings is 1. The Balaban J connectivity index is 1.89. The molecule has 0 aliphatic carbocycles. The molecule has 0 aliphatic rings. The summed E-state index contributed by atoms with van der Waals surface area (Å²) >= 11 is 1.16. The van der Waals surface area contributed by atoms with Gasteiger partial charge in [0.15, 0.2) is 5.13 Å². The summed E-state index contributed by atoms with van der Waals surface area (Å²) in [5.41, 5.74) is 0.595. The van der Waals surface area contributed by atoms with E-state index < -0.39 is 11.9 Å². The minimum absolute atomic E-state index is 0.156. The number of carbonyl (C=O) groups is 2. The van der Waals surface area contributed by atoms with Gasteiger partial charge in [-0.25, -0.2) is 9.78 Å². The fourth-order valence-electron chi connectivity index (χ4n) is 1.87. The normalized spacial score (nSPS) is 10.5. The zero-order valence-electron chi connectivity index (χ0n) is 11.0. The second-order valence-electron chi connectivity index (χ2n) is 4.40. The number of carbonyl (C=O) groups excluding carboxylic acids is 1. The molecule has 7 nitrogen and oxygen atoms in total. The van der Waals surface area contributed by atoms with Crippen LogP contribution in [0.2, 0.25) is 0 Å². The first-order valence-electron chi connectivity index (χ1n) is 6.17. The van der Waals surface area contributed by atoms with Crippen LogP contribution >= 0.6 is 11.3 Å². The predicted molar refractivity (Wildman–Crippen MR) is 81.6 cm³/mol. The van der Waals surface area contributed by atoms with Gasteiger partial charge in [0.05, 0.1) is 15.8 Å². The van der Waals surface area contributed by atoms with Crippen LogP contribution in [0.3, 0.4) is 0 Å². The smallest absolute Gasteiger partial charge is 0.335 e. The third-order valence-electron chi connectivity index (χ3n) is 2.89. The molecule has 0 saturated heterocycles. The van der Waals surface area contributed by atoms with Crippen LogP contribution in [0.5, 0.6) is 0 Å². The van der Waals surface area contributed by atoms with Crippen molar-refractivity contribution in [1.29, 1.82) is 0 Å². The first-order valence-corrected chi connectivity index (χ1v) is 6.98. The summed E-state index contributed by atoms with van der Waals surface area (Å²) in [6.45, 7) is 0. The van der Waals surface area contributed by atoms with Crippen LogP contribution in [0.1, 0.15) is 20.7 Å². The molecule has 0 bridgehead atoms. The third kappa shape index (κ3) is 2.72. The number of hydrogen-bond donors (Lipinski definition) is 3. The molecule has 22 heavy (non-hydrogen) atoms. The summed E-state index contributed by atoms with van der Waals surface area (Å²) in [6.07, 6.45) is 1.38. The number of anilines is 1. The number of rotatable bonds is 3. The van der Waals surface area contributed by atoms with Crippen LogP contribution in [-0.4, -0.2) is 27.0 Å². The molecule has 3 rings (SSSR count). The van der Waals surface area contributed by atoms with E-state index in [-0.39, 0.29) is 16.7 Å². The van der Waals surface area contributed by atoms with E-state index >= 15 is 0 Å². The number of amides is 1. The predicted octanol–water partition coefficient (Wildman–Crippen LogP) is 1.94. The first kappa shape index (κ1) is 14.0. The Kier molecular flexibility index (Phi) is 3.43. The van der Waals surface area contributed by atoms with Crippen LogP contribution in [-0.2, 0) is 0 Å². The van der Waals surface area contributed by atoms with Crippen molar-refractivity contribution in [2.45, 2.75) is 0 Å². The molecule has 0 fully saturated rings. The number of aromatic carboxylic acids is 1. The lowest BCUT2D eigenvalue weighted by Gasteiger charge is -1.99. The first-order chi connectivity index (χ1) is 10.5. The number of aromatic nitrogens is 2. The largest absolute Gasteiger partial charge is 0.478 e. The fraction of sp³-hybridized carbons (Fsp3) is 0. The van der Waals surface area contributed by atoms with Crippen molar-refractivity contribution in [3.63, 3.8) is 0 Å². The number of nitrogens with zero attached hydrogens (tertiary/aromatic N) is 1. The van der Waals surface area contributed by atoms with E-state index in [9.17, 15) is 14.4 Å². The second-order valence-corrected chi connectivity index (χ2v) is 5.43. The molecule has 0 radical (unpaired) electrons. The molecule has 2 aromatic heterocycles. The highest BCUT2D eigenvalue weighted by Crippen LogP contribution is 2.27. The maximum atomic E-state index is 12.0. The number of fused-ring (bicyclic) bond motifs is 1. The summed E-state index contributed by atoms with van der Waals surface area (Å²) in [7, 11) is 0. The van der Waals surface area contributed by atoms with Gasteiger partial charge in [0.1, 0.15) is 0 Å². The quantitative estimate of drug-likeness (QED) is 0.683. The SMILES string of the molecule is O=C(O)c1ccc2nc(NC(=O)c3cc[nH]c(=O)c3)sc2c1. The maximum absolute atomic E-state index is 12.0. The van der Waals surface area contributed by atoms with Gasteiger partial charge in [0.25, 0.3) is 5.91 Å². The summed E-state index contributed by atoms with van der Waals surface area (Å²) < 4.78 is 0.654. The van der Waals surface area contributed by atoms with Gasteiger partial charge >= 0.3 is 5.97 Å². The van der Waals surface area contributed by atoms with Gasteiger partial charge in [-0.2, -0.15) is 0 Å². The molecule has 3 N–H and O–H groups in total. The van der Waals surface area contributed by atoms with Crippen molar-refractivity contribution in [1.82, 2.24) is 9.97 Å². The van der Waals surface area contributed by atoms with E-state index in [4.69, 9.17) is 5.11 Å². The summed E-state index contributed by atoms with van der Waals surface area (Å²) in [4.78, 5) is 40.8. The summed E-state index contributed by atoms with van der Waals surface area (Å²) in [5.74, 6) is -1.48. The molecule has 0 unspecified atom stereocenters. The molecule has 0 atom stereocenters. The Morgan fingerprint density at radius 2 is 2.00 bits per heavy atom. The van der Waals surface area contributed by atoms with Gasteiger partial charge in [-0.1, -0.05) is 11.3 Å². The number of thiazole rings is 1. The van der Waals surface area contributed by atoms with Gasteiger partial charge in [-0.15, -0.1) is 0 Å². The van der Waals surface area contributed by atoms with Gasteiger partial charge in [-0.3, -0.25) is 14.9 Å². The van der Waals surface area contributed by atoms with E-state index in [1.54, 1.807) is 6.07 Å². The highest BCUT2D eigenvalue weighted by atomic mass is 32.1. The zero-order valence-corrected chi connectivity index (χ0v) is 11.8. The number of nitrogens with one attached hydrogen (secondary N) is 2. The Morgan fingerprint density at radius 1 is 1.18 bits per heavy atom. The van der Waals surface area contributed by atoms with E-state index in [0.717, 1.165) is 11.3 Å². The average Bonchev–Trinajstić information content (AvgIpc) is 2.88. The van der Waals surface area contributed by atoms with Gasteiger partial charge in [-0.05, 0) is 24.3 Å². The highest BCUT2D eigenvalue weighted by Gasteiger charge is 2.12. The standard InChI is InChI=1S/C14H9N3O4S/c18-11-6-7(3-4-15-11)12(19)17-14-16-9-2-1-8(13(20)21)5-10(9)22-14/h1-6H,(H,15,18)(H,20,21)(H,16,17,19). The van der Waals surface area contributed by atoms with Gasteiger partial charge in [0, 0.05) is 17.8 Å². The zero-order chi connectivity index (χ0) is 15.7. The molecule has 1 aromatic carbocycles. The molecule has 0 spiro atoms. The lowest BCUT2D eigenvalue weighted by Crippen LogP contribution is -2.15. The number of carboxylic acid groups (broad SMARTS) is 1. The Bertz CT molecular complexity index is 944. The van der Waals surface area contributed by atoms with Crippen LogP contribution in [0.4, 0.5) is 5.13 Å². The molecule has 1 amide bonds. The van der Waals surface area contributed by atoms with E-state index in [1.165, 1.54) is 30.5 Å². The minimum atomic E-state index is -1.02. The van der Waals surface area contributed by atoms with Crippen molar-refractivity contribution < 1.29 is 14.7 Å². The van der Waals surface area contributed by atoms with Gasteiger partial charge in [0.2, 0.25) is 5.56 Å². The number of pyridine rings is 1. The lowest BCUT2D eigenvalue weighted by atomic mass is 10.2. The molecular formula is C14H9N3O4S. The topological polar surface area (TPSA) is 112 Å². The Labute approximate surface area is 127 Å². The summed E-state index contributed by atoms with van der Waals surface area (Å²) in [6, 6.07) is 7.20. The highest BCUT2D eigenvalue weighted by molar-refractivity contribution is 7.22. The summed E-state index contributed by atoms with van der Waals surface area (Å²) in [5, 5.41) is 11.9.